The molecule has 4 nitrogen and oxygen atoms in total. The Hall–Kier alpha value is -0.910. The normalized spacial score (nSPS) is 18.3. The zero-order valence-electron chi connectivity index (χ0n) is 11.9. The maximum absolute atomic E-state index is 12.4. The van der Waals surface area contributed by atoms with E-state index in [-0.39, 0.29) is 17.9 Å². The molecule has 2 N–H and O–H groups in total. The molecule has 0 spiro atoms. The van der Waals surface area contributed by atoms with Gasteiger partial charge in [0, 0.05) is 12.6 Å². The maximum Gasteiger partial charge on any atom is 0.181 e. The molecule has 0 radical (unpaired) electrons. The number of hydrogen-bond acceptors (Lipinski definition) is 4. The highest BCUT2D eigenvalue weighted by Crippen LogP contribution is 2.30. The Bertz CT molecular complexity index is 519. The monoisotopic (exact) mass is 297 g/mol. The highest BCUT2D eigenvalue weighted by molar-refractivity contribution is 7.92. The first-order valence-corrected chi connectivity index (χ1v) is 8.78. The van der Waals surface area contributed by atoms with E-state index in [1.165, 1.54) is 0 Å². The van der Waals surface area contributed by atoms with Gasteiger partial charge in [-0.2, -0.15) is 0 Å². The van der Waals surface area contributed by atoms with Gasteiger partial charge in [-0.25, -0.2) is 8.42 Å². The number of aliphatic hydroxyl groups is 1. The lowest BCUT2D eigenvalue weighted by Crippen LogP contribution is -2.22. The summed E-state index contributed by atoms with van der Waals surface area (Å²) in [6.07, 6.45) is 3.62. The molecule has 1 aliphatic rings. The lowest BCUT2D eigenvalue weighted by Gasteiger charge is -2.15. The zero-order chi connectivity index (χ0) is 14.6. The van der Waals surface area contributed by atoms with Crippen molar-refractivity contribution in [3.8, 4) is 0 Å². The van der Waals surface area contributed by atoms with Gasteiger partial charge >= 0.3 is 0 Å². The molecule has 20 heavy (non-hydrogen) atoms. The van der Waals surface area contributed by atoms with Crippen LogP contribution in [0.1, 0.15) is 44.2 Å². The van der Waals surface area contributed by atoms with Crippen LogP contribution < -0.4 is 5.32 Å². The van der Waals surface area contributed by atoms with E-state index in [0.717, 1.165) is 31.2 Å². The summed E-state index contributed by atoms with van der Waals surface area (Å²) in [6.45, 7) is 2.62. The highest BCUT2D eigenvalue weighted by Gasteiger charge is 2.30. The lowest BCUT2D eigenvalue weighted by atomic mass is 10.1. The Morgan fingerprint density at radius 3 is 2.40 bits per heavy atom. The number of sulfone groups is 1. The Labute approximate surface area is 121 Å². The fourth-order valence-corrected chi connectivity index (χ4v) is 4.59. The molecule has 0 heterocycles. The second kappa shape index (κ2) is 6.70. The number of benzene rings is 1. The standard InChI is InChI=1S/C15H23NO3S/c1-12(16-10-11-17)13-6-8-15(9-7-13)20(18,19)14-4-2-3-5-14/h6-9,12,14,16-17H,2-5,10-11H2,1H3. The van der Waals surface area contributed by atoms with E-state index >= 15 is 0 Å². The van der Waals surface area contributed by atoms with Crippen LogP contribution in [-0.2, 0) is 9.84 Å². The average molecular weight is 297 g/mol. The molecular formula is C15H23NO3S. The van der Waals surface area contributed by atoms with Gasteiger partial charge < -0.3 is 10.4 Å². The van der Waals surface area contributed by atoms with Gasteiger partial charge in [0.15, 0.2) is 9.84 Å². The van der Waals surface area contributed by atoms with Crippen molar-refractivity contribution < 1.29 is 13.5 Å². The van der Waals surface area contributed by atoms with E-state index in [4.69, 9.17) is 5.11 Å². The third kappa shape index (κ3) is 3.40. The molecule has 0 bridgehead atoms. The summed E-state index contributed by atoms with van der Waals surface area (Å²) in [5.74, 6) is 0. The van der Waals surface area contributed by atoms with Crippen LogP contribution in [-0.4, -0.2) is 31.9 Å². The van der Waals surface area contributed by atoms with E-state index in [0.29, 0.717) is 11.4 Å². The molecule has 112 valence electrons. The molecule has 1 aliphatic carbocycles. The molecule has 1 saturated carbocycles. The summed E-state index contributed by atoms with van der Waals surface area (Å²) in [4.78, 5) is 0.433. The molecule has 1 fully saturated rings. The maximum atomic E-state index is 12.4. The topological polar surface area (TPSA) is 66.4 Å². The fourth-order valence-electron chi connectivity index (χ4n) is 2.74. The lowest BCUT2D eigenvalue weighted by molar-refractivity contribution is 0.286. The van der Waals surface area contributed by atoms with Crippen molar-refractivity contribution >= 4 is 9.84 Å². The van der Waals surface area contributed by atoms with Crippen molar-refractivity contribution in [3.05, 3.63) is 29.8 Å². The first-order valence-electron chi connectivity index (χ1n) is 7.24. The quantitative estimate of drug-likeness (QED) is 0.843. The predicted molar refractivity (Wildman–Crippen MR) is 79.4 cm³/mol. The average Bonchev–Trinajstić information content (AvgIpc) is 3.00. The summed E-state index contributed by atoms with van der Waals surface area (Å²) in [5, 5.41) is 11.8. The van der Waals surface area contributed by atoms with Gasteiger partial charge in [-0.05, 0) is 37.5 Å². The molecule has 5 heteroatoms. The van der Waals surface area contributed by atoms with Crippen LogP contribution in [0.3, 0.4) is 0 Å². The molecule has 2 rings (SSSR count). The number of hydrogen-bond donors (Lipinski definition) is 2. The van der Waals surface area contributed by atoms with E-state index in [9.17, 15) is 8.42 Å². The van der Waals surface area contributed by atoms with Crippen LogP contribution >= 0.6 is 0 Å². The SMILES string of the molecule is CC(NCCO)c1ccc(S(=O)(=O)C2CCCC2)cc1. The van der Waals surface area contributed by atoms with Crippen LogP contribution in [0.2, 0.25) is 0 Å². The van der Waals surface area contributed by atoms with E-state index in [1.807, 2.05) is 19.1 Å². The third-order valence-electron chi connectivity index (χ3n) is 4.01. The third-order valence-corrected chi connectivity index (χ3v) is 6.29. The van der Waals surface area contributed by atoms with Crippen LogP contribution in [0.4, 0.5) is 0 Å². The zero-order valence-corrected chi connectivity index (χ0v) is 12.7. The minimum atomic E-state index is -3.16. The summed E-state index contributed by atoms with van der Waals surface area (Å²) < 4.78 is 24.9. The summed E-state index contributed by atoms with van der Waals surface area (Å²) >= 11 is 0. The van der Waals surface area contributed by atoms with Gasteiger partial charge in [0.05, 0.1) is 16.8 Å². The van der Waals surface area contributed by atoms with E-state index in [1.54, 1.807) is 12.1 Å². The molecule has 0 aliphatic heterocycles. The number of nitrogens with one attached hydrogen (secondary N) is 1. The van der Waals surface area contributed by atoms with Crippen LogP contribution in [0.25, 0.3) is 0 Å². The largest absolute Gasteiger partial charge is 0.395 e. The molecule has 1 aromatic rings. The fraction of sp³-hybridized carbons (Fsp3) is 0.600. The van der Waals surface area contributed by atoms with Gasteiger partial charge in [0.25, 0.3) is 0 Å². The number of aliphatic hydroxyl groups excluding tert-OH is 1. The van der Waals surface area contributed by atoms with Gasteiger partial charge in [-0.3, -0.25) is 0 Å². The Kier molecular flexibility index (Phi) is 5.18. The molecule has 1 aromatic carbocycles. The van der Waals surface area contributed by atoms with Gasteiger partial charge in [-0.1, -0.05) is 25.0 Å². The van der Waals surface area contributed by atoms with Crippen molar-refractivity contribution in [2.45, 2.75) is 48.8 Å². The summed E-state index contributed by atoms with van der Waals surface area (Å²) in [7, 11) is -3.16. The minimum absolute atomic E-state index is 0.0957. The van der Waals surface area contributed by atoms with Gasteiger partial charge in [0.2, 0.25) is 0 Å². The van der Waals surface area contributed by atoms with Crippen LogP contribution in [0, 0.1) is 0 Å². The molecule has 0 aromatic heterocycles. The molecule has 1 atom stereocenters. The van der Waals surface area contributed by atoms with Crippen LogP contribution in [0.5, 0.6) is 0 Å². The summed E-state index contributed by atoms with van der Waals surface area (Å²) in [5.41, 5.74) is 1.03. The van der Waals surface area contributed by atoms with Crippen molar-refractivity contribution in [1.82, 2.24) is 5.32 Å². The smallest absolute Gasteiger partial charge is 0.181 e. The van der Waals surface area contributed by atoms with Gasteiger partial charge in [-0.15, -0.1) is 0 Å². The van der Waals surface area contributed by atoms with Gasteiger partial charge in [0.1, 0.15) is 0 Å². The molecule has 0 amide bonds. The highest BCUT2D eigenvalue weighted by atomic mass is 32.2. The Morgan fingerprint density at radius 2 is 1.85 bits per heavy atom. The Balaban J connectivity index is 2.11. The van der Waals surface area contributed by atoms with Crippen LogP contribution in [0.15, 0.2) is 29.2 Å². The van der Waals surface area contributed by atoms with Crippen molar-refractivity contribution in [1.29, 1.82) is 0 Å². The first-order chi connectivity index (χ1) is 9.55. The predicted octanol–water partition coefficient (Wildman–Crippen LogP) is 2.05. The summed E-state index contributed by atoms with van der Waals surface area (Å²) in [6, 6.07) is 7.24. The van der Waals surface area contributed by atoms with Crippen molar-refractivity contribution in [3.63, 3.8) is 0 Å². The van der Waals surface area contributed by atoms with E-state index < -0.39 is 9.84 Å². The molecule has 0 saturated heterocycles. The first kappa shape index (κ1) is 15.5. The van der Waals surface area contributed by atoms with Crippen molar-refractivity contribution in [2.24, 2.45) is 0 Å². The number of rotatable bonds is 6. The molecule has 1 unspecified atom stereocenters. The minimum Gasteiger partial charge on any atom is -0.395 e. The second-order valence-corrected chi connectivity index (χ2v) is 7.65. The second-order valence-electron chi connectivity index (χ2n) is 5.42. The van der Waals surface area contributed by atoms with E-state index in [2.05, 4.69) is 5.32 Å². The molecular weight excluding hydrogens is 274 g/mol. The van der Waals surface area contributed by atoms with Crippen molar-refractivity contribution in [2.75, 3.05) is 13.2 Å². The Morgan fingerprint density at radius 1 is 1.25 bits per heavy atom.